The highest BCUT2D eigenvalue weighted by Crippen LogP contribution is 2.29. The molecular formula is C10H14BrFN2S. The minimum absolute atomic E-state index is 0.0524. The van der Waals surface area contributed by atoms with Crippen molar-refractivity contribution in [2.24, 2.45) is 0 Å². The van der Waals surface area contributed by atoms with Crippen molar-refractivity contribution in [3.8, 4) is 0 Å². The van der Waals surface area contributed by atoms with E-state index in [1.807, 2.05) is 11.4 Å². The van der Waals surface area contributed by atoms with E-state index in [9.17, 15) is 4.39 Å². The summed E-state index contributed by atoms with van der Waals surface area (Å²) in [4.78, 5) is 3.33. The molecule has 0 amide bonds. The zero-order valence-corrected chi connectivity index (χ0v) is 10.8. The molecule has 1 N–H and O–H groups in total. The first-order chi connectivity index (χ1) is 7.31. The van der Waals surface area contributed by atoms with E-state index in [1.54, 1.807) is 11.3 Å². The minimum atomic E-state index is -0.299. The Hall–Kier alpha value is 0.0300. The highest BCUT2D eigenvalue weighted by molar-refractivity contribution is 9.10. The molecule has 2 rings (SSSR count). The summed E-state index contributed by atoms with van der Waals surface area (Å²) in [6.07, 6.45) is 0. The van der Waals surface area contributed by atoms with Crippen LogP contribution < -0.4 is 5.32 Å². The zero-order valence-electron chi connectivity index (χ0n) is 8.38. The van der Waals surface area contributed by atoms with Crippen LogP contribution in [0.25, 0.3) is 0 Å². The van der Waals surface area contributed by atoms with Gasteiger partial charge in [-0.25, -0.2) is 4.39 Å². The second-order valence-electron chi connectivity index (χ2n) is 3.62. The number of alkyl halides is 1. The minimum Gasteiger partial charge on any atom is -0.314 e. The first kappa shape index (κ1) is 11.5. The molecule has 1 aliphatic heterocycles. The van der Waals surface area contributed by atoms with Gasteiger partial charge in [-0.3, -0.25) is 4.90 Å². The molecular weight excluding hydrogens is 279 g/mol. The van der Waals surface area contributed by atoms with Crippen LogP contribution >= 0.6 is 27.3 Å². The van der Waals surface area contributed by atoms with Crippen LogP contribution in [-0.2, 0) is 0 Å². The number of thiophene rings is 1. The molecule has 0 saturated carbocycles. The molecule has 15 heavy (non-hydrogen) atoms. The number of rotatable bonds is 3. The lowest BCUT2D eigenvalue weighted by molar-refractivity contribution is 0.150. The van der Waals surface area contributed by atoms with E-state index in [1.165, 1.54) is 0 Å². The van der Waals surface area contributed by atoms with Crippen molar-refractivity contribution >= 4 is 27.3 Å². The summed E-state index contributed by atoms with van der Waals surface area (Å²) in [7, 11) is 0. The topological polar surface area (TPSA) is 15.3 Å². The second-order valence-corrected chi connectivity index (χ2v) is 5.48. The van der Waals surface area contributed by atoms with Crippen molar-refractivity contribution in [3.05, 3.63) is 20.8 Å². The maximum absolute atomic E-state index is 13.1. The molecule has 0 aromatic carbocycles. The first-order valence-corrected chi connectivity index (χ1v) is 6.73. The van der Waals surface area contributed by atoms with E-state index in [2.05, 4.69) is 26.1 Å². The van der Waals surface area contributed by atoms with Crippen molar-refractivity contribution in [2.75, 3.05) is 32.9 Å². The highest BCUT2D eigenvalue weighted by Gasteiger charge is 2.23. The van der Waals surface area contributed by atoms with E-state index < -0.39 is 0 Å². The molecule has 1 aliphatic rings. The molecule has 1 atom stereocenters. The fraction of sp³-hybridized carbons (Fsp3) is 0.600. The number of nitrogens with one attached hydrogen (secondary N) is 1. The Balaban J connectivity index is 2.08. The van der Waals surface area contributed by atoms with E-state index in [0.717, 1.165) is 35.5 Å². The number of hydrogen-bond acceptors (Lipinski definition) is 3. The van der Waals surface area contributed by atoms with Crippen LogP contribution in [0, 0.1) is 0 Å². The number of piperazine rings is 1. The third-order valence-corrected chi connectivity index (χ3v) is 4.45. The first-order valence-electron chi connectivity index (χ1n) is 5.06. The van der Waals surface area contributed by atoms with Gasteiger partial charge in [0.25, 0.3) is 0 Å². The van der Waals surface area contributed by atoms with Crippen LogP contribution in [-0.4, -0.2) is 37.8 Å². The molecule has 84 valence electrons. The fourth-order valence-corrected chi connectivity index (χ4v) is 3.41. The SMILES string of the molecule is FC[C@@H](c1cc(Br)cs1)N1CCNCC1. The van der Waals surface area contributed by atoms with Gasteiger partial charge in [0.1, 0.15) is 6.67 Å². The lowest BCUT2D eigenvalue weighted by atomic mass is 10.2. The lowest BCUT2D eigenvalue weighted by Crippen LogP contribution is -2.45. The average Bonchev–Trinajstić information content (AvgIpc) is 2.68. The molecule has 0 unspecified atom stereocenters. The molecule has 1 aromatic heterocycles. The van der Waals surface area contributed by atoms with Gasteiger partial charge in [-0.05, 0) is 22.0 Å². The molecule has 1 aromatic rings. The van der Waals surface area contributed by atoms with Gasteiger partial charge >= 0.3 is 0 Å². The molecule has 1 saturated heterocycles. The summed E-state index contributed by atoms with van der Waals surface area (Å²) in [6.45, 7) is 3.49. The van der Waals surface area contributed by atoms with Crippen LogP contribution in [0.1, 0.15) is 10.9 Å². The Morgan fingerprint density at radius 2 is 2.27 bits per heavy atom. The average molecular weight is 293 g/mol. The zero-order chi connectivity index (χ0) is 10.7. The van der Waals surface area contributed by atoms with E-state index in [4.69, 9.17) is 0 Å². The van der Waals surface area contributed by atoms with Crippen LogP contribution in [0.2, 0.25) is 0 Å². The van der Waals surface area contributed by atoms with Crippen LogP contribution in [0.4, 0.5) is 4.39 Å². The van der Waals surface area contributed by atoms with Crippen LogP contribution in [0.3, 0.4) is 0 Å². The third kappa shape index (κ3) is 2.78. The van der Waals surface area contributed by atoms with E-state index in [0.29, 0.717) is 0 Å². The van der Waals surface area contributed by atoms with E-state index in [-0.39, 0.29) is 12.7 Å². The highest BCUT2D eigenvalue weighted by atomic mass is 79.9. The van der Waals surface area contributed by atoms with Gasteiger partial charge in [-0.2, -0.15) is 0 Å². The third-order valence-electron chi connectivity index (χ3n) is 2.65. The predicted molar refractivity (Wildman–Crippen MR) is 65.2 cm³/mol. The van der Waals surface area contributed by atoms with Gasteiger partial charge in [0, 0.05) is 40.9 Å². The molecule has 2 heterocycles. The van der Waals surface area contributed by atoms with Crippen molar-refractivity contribution < 1.29 is 4.39 Å². The Kier molecular flexibility index (Phi) is 4.13. The molecule has 0 aliphatic carbocycles. The monoisotopic (exact) mass is 292 g/mol. The molecule has 0 radical (unpaired) electrons. The van der Waals surface area contributed by atoms with Crippen molar-refractivity contribution in [3.63, 3.8) is 0 Å². The maximum Gasteiger partial charge on any atom is 0.110 e. The standard InChI is InChI=1S/C10H14BrFN2S/c11-8-5-10(15-7-8)9(6-12)14-3-1-13-2-4-14/h5,7,9,13H,1-4,6H2/t9-/m0/s1. The van der Waals surface area contributed by atoms with E-state index >= 15 is 0 Å². The van der Waals surface area contributed by atoms with Crippen molar-refractivity contribution in [2.45, 2.75) is 6.04 Å². The number of hydrogen-bond donors (Lipinski definition) is 1. The predicted octanol–water partition coefficient (Wildman–Crippen LogP) is 2.43. The van der Waals surface area contributed by atoms with Crippen LogP contribution in [0.15, 0.2) is 15.9 Å². The summed E-state index contributed by atoms with van der Waals surface area (Å²) in [5, 5.41) is 5.29. The molecule has 5 heteroatoms. The van der Waals surface area contributed by atoms with Gasteiger partial charge in [-0.1, -0.05) is 0 Å². The quantitative estimate of drug-likeness (QED) is 0.921. The molecule has 0 spiro atoms. The number of halogens is 2. The molecule has 2 nitrogen and oxygen atoms in total. The van der Waals surface area contributed by atoms with Crippen molar-refractivity contribution in [1.82, 2.24) is 10.2 Å². The largest absolute Gasteiger partial charge is 0.314 e. The normalized spacial score (nSPS) is 20.4. The Morgan fingerprint density at radius 1 is 1.53 bits per heavy atom. The summed E-state index contributed by atoms with van der Waals surface area (Å²) < 4.78 is 14.1. The van der Waals surface area contributed by atoms with Crippen molar-refractivity contribution in [1.29, 1.82) is 0 Å². The lowest BCUT2D eigenvalue weighted by Gasteiger charge is -2.32. The Bertz CT molecular complexity index is 312. The van der Waals surface area contributed by atoms with Gasteiger partial charge in [0.05, 0.1) is 6.04 Å². The van der Waals surface area contributed by atoms with Gasteiger partial charge in [0.2, 0.25) is 0 Å². The van der Waals surface area contributed by atoms with Crippen LogP contribution in [0.5, 0.6) is 0 Å². The maximum atomic E-state index is 13.1. The second kappa shape index (κ2) is 5.39. The molecule has 0 bridgehead atoms. The summed E-state index contributed by atoms with van der Waals surface area (Å²) >= 11 is 5.04. The van der Waals surface area contributed by atoms with Gasteiger partial charge in [-0.15, -0.1) is 11.3 Å². The summed E-state index contributed by atoms with van der Waals surface area (Å²) in [5.74, 6) is 0. The summed E-state index contributed by atoms with van der Waals surface area (Å²) in [6, 6.07) is 1.97. The molecule has 1 fully saturated rings. The Morgan fingerprint density at radius 3 is 2.80 bits per heavy atom. The summed E-state index contributed by atoms with van der Waals surface area (Å²) in [5.41, 5.74) is 0. The number of nitrogens with zero attached hydrogens (tertiary/aromatic N) is 1. The van der Waals surface area contributed by atoms with Gasteiger partial charge < -0.3 is 5.32 Å². The van der Waals surface area contributed by atoms with Gasteiger partial charge in [0.15, 0.2) is 0 Å². The smallest absolute Gasteiger partial charge is 0.110 e. The fourth-order valence-electron chi connectivity index (χ4n) is 1.85. The Labute approximate surface area is 102 Å².